The van der Waals surface area contributed by atoms with Crippen LogP contribution < -0.4 is 10.1 Å². The van der Waals surface area contributed by atoms with Gasteiger partial charge >= 0.3 is 0 Å². The van der Waals surface area contributed by atoms with Crippen molar-refractivity contribution in [2.45, 2.75) is 12.8 Å². The van der Waals surface area contributed by atoms with Gasteiger partial charge in [0.1, 0.15) is 11.6 Å². The van der Waals surface area contributed by atoms with Gasteiger partial charge < -0.3 is 15.0 Å². The number of halogens is 2. The lowest BCUT2D eigenvalue weighted by molar-refractivity contribution is -0.133. The van der Waals surface area contributed by atoms with Crippen LogP contribution in [0.3, 0.4) is 0 Å². The number of carbonyl (C=O) groups excluding carboxylic acids is 2. The van der Waals surface area contributed by atoms with Crippen LogP contribution in [-0.4, -0.2) is 37.4 Å². The Bertz CT molecular complexity index is 781. The molecule has 0 unspecified atom stereocenters. The Morgan fingerprint density at radius 2 is 1.88 bits per heavy atom. The molecule has 0 atom stereocenters. The van der Waals surface area contributed by atoms with Crippen LogP contribution in [0.15, 0.2) is 42.5 Å². The normalized spacial score (nSPS) is 10.3. The molecule has 1 N–H and O–H groups in total. The van der Waals surface area contributed by atoms with E-state index in [1.807, 2.05) is 0 Å². The van der Waals surface area contributed by atoms with Gasteiger partial charge in [-0.15, -0.1) is 0 Å². The summed E-state index contributed by atoms with van der Waals surface area (Å²) < 4.78 is 18.0. The zero-order valence-corrected chi connectivity index (χ0v) is 15.3. The summed E-state index contributed by atoms with van der Waals surface area (Å²) in [6, 6.07) is 10.9. The smallest absolute Gasteiger partial charge is 0.244 e. The molecule has 0 saturated carbocycles. The summed E-state index contributed by atoms with van der Waals surface area (Å²) in [6.45, 7) is -0.0993. The average Bonchev–Trinajstić information content (AvgIpc) is 2.61. The fraction of sp³-hybridized carbons (Fsp3) is 0.263. The number of nitrogens with zero attached hydrogens (tertiary/aromatic N) is 1. The van der Waals surface area contributed by atoms with Gasteiger partial charge in [-0.2, -0.15) is 0 Å². The van der Waals surface area contributed by atoms with Crippen LogP contribution in [-0.2, 0) is 16.0 Å². The minimum Gasteiger partial charge on any atom is -0.495 e. The van der Waals surface area contributed by atoms with E-state index in [0.717, 1.165) is 5.56 Å². The van der Waals surface area contributed by atoms with Gasteiger partial charge in [-0.1, -0.05) is 23.7 Å². The number of hydrogen-bond donors (Lipinski definition) is 1. The van der Waals surface area contributed by atoms with E-state index in [0.29, 0.717) is 22.9 Å². The van der Waals surface area contributed by atoms with Crippen molar-refractivity contribution in [2.75, 3.05) is 26.0 Å². The van der Waals surface area contributed by atoms with Crippen LogP contribution in [0.1, 0.15) is 12.0 Å². The third kappa shape index (κ3) is 5.74. The maximum atomic E-state index is 12.9. The van der Waals surface area contributed by atoms with E-state index in [9.17, 15) is 14.0 Å². The molecule has 0 heterocycles. The predicted molar refractivity (Wildman–Crippen MR) is 99.0 cm³/mol. The molecule has 0 aliphatic rings. The Morgan fingerprint density at radius 3 is 2.54 bits per heavy atom. The van der Waals surface area contributed by atoms with E-state index >= 15 is 0 Å². The van der Waals surface area contributed by atoms with E-state index in [2.05, 4.69) is 5.32 Å². The van der Waals surface area contributed by atoms with Gasteiger partial charge in [0.05, 0.1) is 19.3 Å². The van der Waals surface area contributed by atoms with Crippen LogP contribution in [0.5, 0.6) is 5.75 Å². The lowest BCUT2D eigenvalue weighted by atomic mass is 10.1. The number of likely N-dealkylation sites (N-methyl/N-ethyl adjacent to an activating group) is 1. The maximum absolute atomic E-state index is 12.9. The fourth-order valence-corrected chi connectivity index (χ4v) is 2.54. The molecule has 2 aromatic carbocycles. The van der Waals surface area contributed by atoms with E-state index in [-0.39, 0.29) is 30.6 Å². The Kier molecular flexibility index (Phi) is 6.97. The molecule has 0 fully saturated rings. The van der Waals surface area contributed by atoms with Crippen LogP contribution in [0.2, 0.25) is 5.02 Å². The molecule has 0 aliphatic carbocycles. The molecule has 0 bridgehead atoms. The van der Waals surface area contributed by atoms with Crippen molar-refractivity contribution >= 4 is 29.1 Å². The monoisotopic (exact) mass is 378 g/mol. The second kappa shape index (κ2) is 9.20. The third-order valence-corrected chi connectivity index (χ3v) is 4.02. The number of anilines is 1. The van der Waals surface area contributed by atoms with Crippen LogP contribution in [0.4, 0.5) is 10.1 Å². The molecule has 0 aromatic heterocycles. The lowest BCUT2D eigenvalue weighted by Gasteiger charge is -2.17. The highest BCUT2D eigenvalue weighted by Crippen LogP contribution is 2.27. The molecule has 138 valence electrons. The first-order valence-electron chi connectivity index (χ1n) is 8.01. The number of aryl methyl sites for hydroxylation is 1. The fourth-order valence-electron chi connectivity index (χ4n) is 2.36. The molecule has 7 heteroatoms. The molecule has 0 radical (unpaired) electrons. The highest BCUT2D eigenvalue weighted by molar-refractivity contribution is 6.31. The van der Waals surface area contributed by atoms with Crippen LogP contribution in [0.25, 0.3) is 0 Å². The summed E-state index contributed by atoms with van der Waals surface area (Å²) in [4.78, 5) is 25.7. The Morgan fingerprint density at radius 1 is 1.19 bits per heavy atom. The zero-order chi connectivity index (χ0) is 19.1. The number of carbonyl (C=O) groups is 2. The summed E-state index contributed by atoms with van der Waals surface area (Å²) >= 11 is 5.93. The average molecular weight is 379 g/mol. The lowest BCUT2D eigenvalue weighted by Crippen LogP contribution is -2.35. The minimum absolute atomic E-state index is 0.0993. The van der Waals surface area contributed by atoms with E-state index < -0.39 is 0 Å². The number of ether oxygens (including phenoxy) is 1. The molecule has 2 amide bonds. The summed E-state index contributed by atoms with van der Waals surface area (Å²) in [5.41, 5.74) is 1.30. The van der Waals surface area contributed by atoms with E-state index in [1.165, 1.54) is 24.1 Å². The predicted octanol–water partition coefficient (Wildman–Crippen LogP) is 3.52. The highest BCUT2D eigenvalue weighted by Gasteiger charge is 2.15. The van der Waals surface area contributed by atoms with Crippen molar-refractivity contribution in [1.82, 2.24) is 4.90 Å². The Balaban J connectivity index is 1.87. The quantitative estimate of drug-likeness (QED) is 0.802. The van der Waals surface area contributed by atoms with E-state index in [4.69, 9.17) is 16.3 Å². The zero-order valence-electron chi connectivity index (χ0n) is 14.6. The Labute approximate surface area is 156 Å². The first-order chi connectivity index (χ1) is 12.4. The van der Waals surface area contributed by atoms with Crippen molar-refractivity contribution in [2.24, 2.45) is 0 Å². The summed E-state index contributed by atoms with van der Waals surface area (Å²) in [5.74, 6) is -0.371. The first kappa shape index (κ1) is 19.7. The second-order valence-corrected chi connectivity index (χ2v) is 6.21. The van der Waals surface area contributed by atoms with Crippen LogP contribution in [0, 0.1) is 5.82 Å². The van der Waals surface area contributed by atoms with E-state index in [1.54, 1.807) is 37.4 Å². The van der Waals surface area contributed by atoms with Gasteiger partial charge in [-0.3, -0.25) is 9.59 Å². The largest absolute Gasteiger partial charge is 0.495 e. The molecule has 0 aliphatic heterocycles. The third-order valence-electron chi connectivity index (χ3n) is 3.78. The molecule has 5 nitrogen and oxygen atoms in total. The van der Waals surface area contributed by atoms with Crippen molar-refractivity contribution in [3.8, 4) is 5.75 Å². The van der Waals surface area contributed by atoms with Crippen molar-refractivity contribution < 1.29 is 18.7 Å². The van der Waals surface area contributed by atoms with Crippen molar-refractivity contribution in [3.63, 3.8) is 0 Å². The molecular formula is C19H20ClFN2O3. The number of amides is 2. The molecule has 2 rings (SSSR count). The van der Waals surface area contributed by atoms with Gasteiger partial charge in [0.2, 0.25) is 11.8 Å². The minimum atomic E-state index is -0.358. The summed E-state index contributed by atoms with van der Waals surface area (Å²) in [7, 11) is 3.05. The van der Waals surface area contributed by atoms with Gasteiger partial charge in [0, 0.05) is 18.5 Å². The van der Waals surface area contributed by atoms with Gasteiger partial charge in [-0.05, 0) is 42.3 Å². The number of methoxy groups -OCH3 is 1. The number of nitrogens with one attached hydrogen (secondary N) is 1. The Hall–Kier alpha value is -2.60. The molecule has 26 heavy (non-hydrogen) atoms. The number of rotatable bonds is 7. The first-order valence-corrected chi connectivity index (χ1v) is 8.38. The maximum Gasteiger partial charge on any atom is 0.244 e. The van der Waals surface area contributed by atoms with Crippen LogP contribution >= 0.6 is 11.6 Å². The van der Waals surface area contributed by atoms with Gasteiger partial charge in [0.25, 0.3) is 0 Å². The number of benzene rings is 2. The summed E-state index contributed by atoms with van der Waals surface area (Å²) in [6.07, 6.45) is 0.711. The van der Waals surface area contributed by atoms with Gasteiger partial charge in [0.15, 0.2) is 0 Å². The summed E-state index contributed by atoms with van der Waals surface area (Å²) in [5, 5.41) is 3.15. The molecule has 2 aromatic rings. The standard InChI is InChI=1S/C19H20ClFN2O3/c1-23(19(25)10-5-13-3-7-15(21)8-4-13)12-18(24)22-16-11-14(20)6-9-17(16)26-2/h3-4,6-9,11H,5,10,12H2,1-2H3,(H,22,24). The topological polar surface area (TPSA) is 58.6 Å². The molecule has 0 spiro atoms. The molecular weight excluding hydrogens is 359 g/mol. The molecule has 0 saturated heterocycles. The number of hydrogen-bond acceptors (Lipinski definition) is 3. The SMILES string of the molecule is COc1ccc(Cl)cc1NC(=O)CN(C)C(=O)CCc1ccc(F)cc1. The second-order valence-electron chi connectivity index (χ2n) is 5.77. The van der Waals surface area contributed by atoms with Gasteiger partial charge in [-0.25, -0.2) is 4.39 Å². The van der Waals surface area contributed by atoms with Crippen molar-refractivity contribution in [1.29, 1.82) is 0 Å². The highest BCUT2D eigenvalue weighted by atomic mass is 35.5. The van der Waals surface area contributed by atoms with Crippen molar-refractivity contribution in [3.05, 3.63) is 58.9 Å².